The van der Waals surface area contributed by atoms with Crippen LogP contribution in [0.4, 0.5) is 11.4 Å². The molecule has 112 valence electrons. The first-order valence-corrected chi connectivity index (χ1v) is 7.80. The van der Waals surface area contributed by atoms with Crippen LogP contribution >= 0.6 is 0 Å². The van der Waals surface area contributed by atoms with E-state index in [1.807, 2.05) is 0 Å². The second-order valence-electron chi connectivity index (χ2n) is 5.56. The molecule has 0 spiro atoms. The SMILES string of the molecule is CCNc1cc(C)ccc1Cc1ccc(C)cc1NCC. The lowest BCUT2D eigenvalue weighted by molar-refractivity contribution is 1.12. The number of benzene rings is 2. The molecule has 2 rings (SSSR count). The summed E-state index contributed by atoms with van der Waals surface area (Å²) in [6.45, 7) is 10.5. The molecule has 2 aromatic carbocycles. The molecule has 2 N–H and O–H groups in total. The summed E-state index contributed by atoms with van der Waals surface area (Å²) in [6, 6.07) is 13.3. The minimum absolute atomic E-state index is 0.949. The van der Waals surface area contributed by atoms with Gasteiger partial charge < -0.3 is 10.6 Å². The van der Waals surface area contributed by atoms with Crippen LogP contribution in [0, 0.1) is 13.8 Å². The highest BCUT2D eigenvalue weighted by molar-refractivity contribution is 5.59. The second kappa shape index (κ2) is 7.16. The van der Waals surface area contributed by atoms with E-state index in [1.165, 1.54) is 33.6 Å². The van der Waals surface area contributed by atoms with Crippen molar-refractivity contribution in [3.8, 4) is 0 Å². The molecule has 21 heavy (non-hydrogen) atoms. The van der Waals surface area contributed by atoms with Crippen molar-refractivity contribution >= 4 is 11.4 Å². The molecule has 0 fully saturated rings. The zero-order chi connectivity index (χ0) is 15.2. The van der Waals surface area contributed by atoms with E-state index >= 15 is 0 Å². The van der Waals surface area contributed by atoms with Crippen LogP contribution in [0.2, 0.25) is 0 Å². The van der Waals surface area contributed by atoms with Gasteiger partial charge >= 0.3 is 0 Å². The zero-order valence-electron chi connectivity index (χ0n) is 13.6. The number of anilines is 2. The Bertz CT molecular complexity index is 549. The monoisotopic (exact) mass is 282 g/mol. The number of aryl methyl sites for hydroxylation is 2. The molecule has 2 aromatic rings. The molecule has 0 aliphatic carbocycles. The molecule has 0 saturated heterocycles. The van der Waals surface area contributed by atoms with E-state index in [1.54, 1.807) is 0 Å². The Morgan fingerprint density at radius 2 is 1.14 bits per heavy atom. The van der Waals surface area contributed by atoms with Crippen LogP contribution in [0.25, 0.3) is 0 Å². The minimum Gasteiger partial charge on any atom is -0.385 e. The fraction of sp³-hybridized carbons (Fsp3) is 0.368. The average Bonchev–Trinajstić information content (AvgIpc) is 2.45. The van der Waals surface area contributed by atoms with Gasteiger partial charge in [0.2, 0.25) is 0 Å². The molecule has 2 heteroatoms. The quantitative estimate of drug-likeness (QED) is 0.798. The maximum absolute atomic E-state index is 3.48. The Kier molecular flexibility index (Phi) is 5.26. The van der Waals surface area contributed by atoms with Crippen LogP contribution in [0.3, 0.4) is 0 Å². The van der Waals surface area contributed by atoms with E-state index in [4.69, 9.17) is 0 Å². The smallest absolute Gasteiger partial charge is 0.0378 e. The number of hydrogen-bond donors (Lipinski definition) is 2. The molecule has 0 radical (unpaired) electrons. The van der Waals surface area contributed by atoms with Gasteiger partial charge in [0.25, 0.3) is 0 Å². The molecule has 0 amide bonds. The molecule has 0 heterocycles. The van der Waals surface area contributed by atoms with Gasteiger partial charge in [-0.25, -0.2) is 0 Å². The van der Waals surface area contributed by atoms with E-state index in [9.17, 15) is 0 Å². The molecule has 0 saturated carbocycles. The molecular formula is C19H26N2. The summed E-state index contributed by atoms with van der Waals surface area (Å²) in [6.07, 6.45) is 0.950. The fourth-order valence-electron chi connectivity index (χ4n) is 2.60. The van der Waals surface area contributed by atoms with E-state index in [2.05, 4.69) is 74.7 Å². The van der Waals surface area contributed by atoms with E-state index in [-0.39, 0.29) is 0 Å². The largest absolute Gasteiger partial charge is 0.385 e. The normalized spacial score (nSPS) is 10.5. The van der Waals surface area contributed by atoms with Crippen molar-refractivity contribution in [2.45, 2.75) is 34.1 Å². The third-order valence-corrected chi connectivity index (χ3v) is 3.65. The highest BCUT2D eigenvalue weighted by Crippen LogP contribution is 2.25. The Balaban J connectivity index is 2.33. The Labute approximate surface area is 128 Å². The van der Waals surface area contributed by atoms with Gasteiger partial charge in [0.05, 0.1) is 0 Å². The first-order valence-electron chi connectivity index (χ1n) is 7.80. The number of nitrogens with one attached hydrogen (secondary N) is 2. The van der Waals surface area contributed by atoms with Gasteiger partial charge in [-0.2, -0.15) is 0 Å². The number of hydrogen-bond acceptors (Lipinski definition) is 2. The van der Waals surface area contributed by atoms with E-state index < -0.39 is 0 Å². The molecule has 0 atom stereocenters. The molecular weight excluding hydrogens is 256 g/mol. The summed E-state index contributed by atoms with van der Waals surface area (Å²) in [5.74, 6) is 0. The minimum atomic E-state index is 0.949. The molecule has 0 unspecified atom stereocenters. The van der Waals surface area contributed by atoms with Crippen molar-refractivity contribution < 1.29 is 0 Å². The van der Waals surface area contributed by atoms with Crippen molar-refractivity contribution in [1.29, 1.82) is 0 Å². The van der Waals surface area contributed by atoms with Crippen molar-refractivity contribution in [3.05, 3.63) is 58.7 Å². The van der Waals surface area contributed by atoms with Gasteiger partial charge in [-0.15, -0.1) is 0 Å². The van der Waals surface area contributed by atoms with Gasteiger partial charge in [0, 0.05) is 30.9 Å². The van der Waals surface area contributed by atoms with E-state index in [0.29, 0.717) is 0 Å². The molecule has 0 bridgehead atoms. The standard InChI is InChI=1S/C19H26N2/c1-5-20-18-11-14(3)7-9-16(18)13-17-10-8-15(4)12-19(17)21-6-2/h7-12,20-21H,5-6,13H2,1-4H3. The van der Waals surface area contributed by atoms with Gasteiger partial charge in [0.1, 0.15) is 0 Å². The van der Waals surface area contributed by atoms with Crippen molar-refractivity contribution in [2.75, 3.05) is 23.7 Å². The zero-order valence-corrected chi connectivity index (χ0v) is 13.6. The van der Waals surface area contributed by atoms with Gasteiger partial charge in [-0.3, -0.25) is 0 Å². The van der Waals surface area contributed by atoms with Crippen LogP contribution in [0.15, 0.2) is 36.4 Å². The first-order chi connectivity index (χ1) is 10.1. The molecule has 0 aliphatic heterocycles. The third-order valence-electron chi connectivity index (χ3n) is 3.65. The molecule has 0 aromatic heterocycles. The van der Waals surface area contributed by atoms with Crippen LogP contribution in [0.1, 0.15) is 36.1 Å². The third kappa shape index (κ3) is 4.01. The van der Waals surface area contributed by atoms with Crippen LogP contribution < -0.4 is 10.6 Å². The van der Waals surface area contributed by atoms with Crippen molar-refractivity contribution in [1.82, 2.24) is 0 Å². The lowest BCUT2D eigenvalue weighted by atomic mass is 9.99. The van der Waals surface area contributed by atoms with Gasteiger partial charge in [0.15, 0.2) is 0 Å². The van der Waals surface area contributed by atoms with E-state index in [0.717, 1.165) is 19.5 Å². The summed E-state index contributed by atoms with van der Waals surface area (Å²) in [7, 11) is 0. The lowest BCUT2D eigenvalue weighted by Gasteiger charge is -2.15. The lowest BCUT2D eigenvalue weighted by Crippen LogP contribution is -2.05. The maximum Gasteiger partial charge on any atom is 0.0378 e. The predicted molar refractivity (Wildman–Crippen MR) is 93.5 cm³/mol. The maximum atomic E-state index is 3.48. The Morgan fingerprint density at radius 3 is 1.52 bits per heavy atom. The first kappa shape index (κ1) is 15.4. The summed E-state index contributed by atoms with van der Waals surface area (Å²) < 4.78 is 0. The highest BCUT2D eigenvalue weighted by Gasteiger charge is 2.07. The molecule has 2 nitrogen and oxygen atoms in total. The predicted octanol–water partition coefficient (Wildman–Crippen LogP) is 4.76. The summed E-state index contributed by atoms with van der Waals surface area (Å²) in [5.41, 5.74) is 7.80. The highest BCUT2D eigenvalue weighted by atomic mass is 14.9. The van der Waals surface area contributed by atoms with Crippen molar-refractivity contribution in [2.24, 2.45) is 0 Å². The Morgan fingerprint density at radius 1 is 0.714 bits per heavy atom. The number of rotatable bonds is 6. The summed E-state index contributed by atoms with van der Waals surface area (Å²) in [5, 5.41) is 6.96. The van der Waals surface area contributed by atoms with Gasteiger partial charge in [-0.05, 0) is 62.1 Å². The molecule has 0 aliphatic rings. The summed E-state index contributed by atoms with van der Waals surface area (Å²) in [4.78, 5) is 0. The van der Waals surface area contributed by atoms with Crippen LogP contribution in [-0.2, 0) is 6.42 Å². The fourth-order valence-corrected chi connectivity index (χ4v) is 2.60. The average molecular weight is 282 g/mol. The topological polar surface area (TPSA) is 24.1 Å². The second-order valence-corrected chi connectivity index (χ2v) is 5.56. The Hall–Kier alpha value is -1.96. The van der Waals surface area contributed by atoms with Gasteiger partial charge in [-0.1, -0.05) is 24.3 Å². The summed E-state index contributed by atoms with van der Waals surface area (Å²) >= 11 is 0. The van der Waals surface area contributed by atoms with Crippen LogP contribution in [-0.4, -0.2) is 13.1 Å². The van der Waals surface area contributed by atoms with Crippen molar-refractivity contribution in [3.63, 3.8) is 0 Å². The van der Waals surface area contributed by atoms with Crippen LogP contribution in [0.5, 0.6) is 0 Å².